The van der Waals surface area contributed by atoms with Crippen molar-refractivity contribution < 1.29 is 5.11 Å². The molecule has 3 aromatic rings. The lowest BCUT2D eigenvalue weighted by Gasteiger charge is -2.08. The summed E-state index contributed by atoms with van der Waals surface area (Å²) >= 11 is 6.23. The molecule has 0 spiro atoms. The number of benzene rings is 1. The quantitative estimate of drug-likeness (QED) is 0.731. The standard InChI is InChI=1S/C13H10ClN3O/c1-8-3-4-9-10(18)7-11(16-13(9)12(8)14)17-6-2-5-15-17/h2-7H,1H3,(H,16,18). The fourth-order valence-electron chi connectivity index (χ4n) is 1.85. The van der Waals surface area contributed by atoms with Gasteiger partial charge in [-0.05, 0) is 24.6 Å². The summed E-state index contributed by atoms with van der Waals surface area (Å²) in [6.45, 7) is 1.90. The molecule has 0 saturated carbocycles. The molecule has 0 fully saturated rings. The van der Waals surface area contributed by atoms with Gasteiger partial charge in [0.15, 0.2) is 5.82 Å². The number of pyridine rings is 1. The van der Waals surface area contributed by atoms with Gasteiger partial charge >= 0.3 is 0 Å². The molecule has 3 rings (SSSR count). The summed E-state index contributed by atoms with van der Waals surface area (Å²) in [6.07, 6.45) is 3.41. The van der Waals surface area contributed by atoms with Crippen molar-refractivity contribution in [1.29, 1.82) is 0 Å². The van der Waals surface area contributed by atoms with E-state index in [1.54, 1.807) is 29.2 Å². The van der Waals surface area contributed by atoms with Crippen LogP contribution in [0.5, 0.6) is 5.75 Å². The zero-order valence-electron chi connectivity index (χ0n) is 9.63. The first-order valence-corrected chi connectivity index (χ1v) is 5.83. The van der Waals surface area contributed by atoms with E-state index in [2.05, 4.69) is 10.1 Å². The van der Waals surface area contributed by atoms with Crippen LogP contribution in [0.1, 0.15) is 5.56 Å². The second kappa shape index (κ2) is 3.99. The van der Waals surface area contributed by atoms with Gasteiger partial charge in [-0.15, -0.1) is 0 Å². The summed E-state index contributed by atoms with van der Waals surface area (Å²) in [6, 6.07) is 7.03. The number of nitrogens with zero attached hydrogens (tertiary/aromatic N) is 3. The number of hydrogen-bond donors (Lipinski definition) is 1. The SMILES string of the molecule is Cc1ccc2c(O)cc(-n3cccn3)nc2c1Cl. The maximum absolute atomic E-state index is 10.0. The van der Waals surface area contributed by atoms with Crippen LogP contribution in [0.4, 0.5) is 0 Å². The average molecular weight is 260 g/mol. The zero-order chi connectivity index (χ0) is 12.7. The number of aromatic nitrogens is 3. The molecule has 1 N–H and O–H groups in total. The first-order valence-electron chi connectivity index (χ1n) is 5.45. The number of halogens is 1. The van der Waals surface area contributed by atoms with E-state index in [4.69, 9.17) is 11.6 Å². The van der Waals surface area contributed by atoms with Gasteiger partial charge in [0.05, 0.1) is 10.5 Å². The Kier molecular flexibility index (Phi) is 2.45. The Morgan fingerprint density at radius 1 is 1.33 bits per heavy atom. The van der Waals surface area contributed by atoms with E-state index in [0.717, 1.165) is 5.56 Å². The molecule has 0 atom stereocenters. The Hall–Kier alpha value is -2.07. The van der Waals surface area contributed by atoms with E-state index in [-0.39, 0.29) is 5.75 Å². The second-order valence-corrected chi connectivity index (χ2v) is 4.42. The third kappa shape index (κ3) is 1.62. The monoisotopic (exact) mass is 259 g/mol. The van der Waals surface area contributed by atoms with E-state index in [1.165, 1.54) is 0 Å². The Morgan fingerprint density at radius 2 is 2.17 bits per heavy atom. The smallest absolute Gasteiger partial charge is 0.157 e. The number of aryl methyl sites for hydroxylation is 1. The summed E-state index contributed by atoms with van der Waals surface area (Å²) in [5.74, 6) is 0.685. The summed E-state index contributed by atoms with van der Waals surface area (Å²) < 4.78 is 1.58. The molecule has 0 aliphatic carbocycles. The minimum Gasteiger partial charge on any atom is -0.507 e. The summed E-state index contributed by atoms with van der Waals surface area (Å²) in [4.78, 5) is 4.45. The molecule has 2 aromatic heterocycles. The van der Waals surface area contributed by atoms with Crippen LogP contribution in [0.3, 0.4) is 0 Å². The summed E-state index contributed by atoms with van der Waals surface area (Å²) in [7, 11) is 0. The molecule has 0 bridgehead atoms. The normalized spacial score (nSPS) is 11.0. The third-order valence-electron chi connectivity index (χ3n) is 2.82. The molecule has 5 heteroatoms. The fraction of sp³-hybridized carbons (Fsp3) is 0.0769. The predicted octanol–water partition coefficient (Wildman–Crippen LogP) is 3.09. The Morgan fingerprint density at radius 3 is 2.89 bits per heavy atom. The van der Waals surface area contributed by atoms with Gasteiger partial charge in [-0.3, -0.25) is 0 Å². The summed E-state index contributed by atoms with van der Waals surface area (Å²) in [5, 5.41) is 15.3. The fourth-order valence-corrected chi connectivity index (χ4v) is 2.06. The molecule has 0 unspecified atom stereocenters. The van der Waals surface area contributed by atoms with Crippen LogP contribution < -0.4 is 0 Å². The molecule has 0 aliphatic heterocycles. The first-order chi connectivity index (χ1) is 8.66. The second-order valence-electron chi connectivity index (χ2n) is 4.04. The number of hydrogen-bond acceptors (Lipinski definition) is 3. The van der Waals surface area contributed by atoms with Gasteiger partial charge in [0.2, 0.25) is 0 Å². The highest BCUT2D eigenvalue weighted by Crippen LogP contribution is 2.32. The van der Waals surface area contributed by atoms with Crippen LogP contribution in [-0.2, 0) is 0 Å². The minimum atomic E-state index is 0.146. The van der Waals surface area contributed by atoms with Gasteiger partial charge in [0.1, 0.15) is 5.75 Å². The van der Waals surface area contributed by atoms with Gasteiger partial charge in [-0.25, -0.2) is 9.67 Å². The topological polar surface area (TPSA) is 50.9 Å². The molecule has 2 heterocycles. The zero-order valence-corrected chi connectivity index (χ0v) is 10.4. The largest absolute Gasteiger partial charge is 0.507 e. The molecule has 0 aliphatic rings. The van der Waals surface area contributed by atoms with E-state index in [1.807, 2.05) is 19.1 Å². The van der Waals surface area contributed by atoms with Crippen LogP contribution >= 0.6 is 11.6 Å². The highest BCUT2D eigenvalue weighted by atomic mass is 35.5. The lowest BCUT2D eigenvalue weighted by Crippen LogP contribution is -1.98. The predicted molar refractivity (Wildman–Crippen MR) is 70.3 cm³/mol. The first kappa shape index (κ1) is 11.0. The van der Waals surface area contributed by atoms with Crippen molar-refractivity contribution in [1.82, 2.24) is 14.8 Å². The summed E-state index contributed by atoms with van der Waals surface area (Å²) in [5.41, 5.74) is 1.51. The number of fused-ring (bicyclic) bond motifs is 1. The molecule has 4 nitrogen and oxygen atoms in total. The number of rotatable bonds is 1. The van der Waals surface area contributed by atoms with E-state index in [9.17, 15) is 5.11 Å². The van der Waals surface area contributed by atoms with Crippen molar-refractivity contribution in [2.24, 2.45) is 0 Å². The molecule has 0 saturated heterocycles. The van der Waals surface area contributed by atoms with Gasteiger partial charge in [0.25, 0.3) is 0 Å². The molecule has 0 radical (unpaired) electrons. The van der Waals surface area contributed by atoms with E-state index >= 15 is 0 Å². The third-order valence-corrected chi connectivity index (χ3v) is 3.29. The van der Waals surface area contributed by atoms with Crippen molar-refractivity contribution in [3.8, 4) is 11.6 Å². The molecule has 18 heavy (non-hydrogen) atoms. The lowest BCUT2D eigenvalue weighted by molar-refractivity contribution is 0.480. The van der Waals surface area contributed by atoms with Crippen molar-refractivity contribution in [2.75, 3.05) is 0 Å². The minimum absolute atomic E-state index is 0.146. The molecular formula is C13H10ClN3O. The van der Waals surface area contributed by atoms with Crippen LogP contribution in [0.25, 0.3) is 16.7 Å². The molecular weight excluding hydrogens is 250 g/mol. The molecule has 90 valence electrons. The lowest BCUT2D eigenvalue weighted by atomic mass is 10.1. The van der Waals surface area contributed by atoms with E-state index < -0.39 is 0 Å². The highest BCUT2D eigenvalue weighted by Gasteiger charge is 2.10. The van der Waals surface area contributed by atoms with Gasteiger partial charge < -0.3 is 5.11 Å². The van der Waals surface area contributed by atoms with Crippen LogP contribution in [0.2, 0.25) is 5.02 Å². The van der Waals surface area contributed by atoms with Crippen LogP contribution in [-0.4, -0.2) is 19.9 Å². The maximum atomic E-state index is 10.0. The Bertz CT molecular complexity index is 723. The van der Waals surface area contributed by atoms with Crippen LogP contribution in [0.15, 0.2) is 36.7 Å². The van der Waals surface area contributed by atoms with Gasteiger partial charge in [-0.2, -0.15) is 5.10 Å². The van der Waals surface area contributed by atoms with E-state index in [0.29, 0.717) is 21.7 Å². The Labute approximate surface area is 108 Å². The van der Waals surface area contributed by atoms with Crippen molar-refractivity contribution >= 4 is 22.5 Å². The van der Waals surface area contributed by atoms with Gasteiger partial charge in [-0.1, -0.05) is 17.7 Å². The number of aromatic hydroxyl groups is 1. The molecule has 0 amide bonds. The van der Waals surface area contributed by atoms with Crippen molar-refractivity contribution in [2.45, 2.75) is 6.92 Å². The maximum Gasteiger partial charge on any atom is 0.157 e. The highest BCUT2D eigenvalue weighted by molar-refractivity contribution is 6.36. The van der Waals surface area contributed by atoms with Gasteiger partial charge in [0, 0.05) is 23.8 Å². The van der Waals surface area contributed by atoms with Crippen molar-refractivity contribution in [3.63, 3.8) is 0 Å². The van der Waals surface area contributed by atoms with Crippen molar-refractivity contribution in [3.05, 3.63) is 47.2 Å². The molecule has 1 aromatic carbocycles. The Balaban J connectivity index is 2.35. The van der Waals surface area contributed by atoms with Crippen LogP contribution in [0, 0.1) is 6.92 Å². The average Bonchev–Trinajstić information content (AvgIpc) is 2.88.